The summed E-state index contributed by atoms with van der Waals surface area (Å²) in [4.78, 5) is 24.5. The number of carbonyl (C=O) groups is 2. The van der Waals surface area contributed by atoms with Crippen LogP contribution in [0.5, 0.6) is 11.5 Å². The number of amides is 1. The number of fused-ring (bicyclic) bond motifs is 1. The normalized spacial score (nSPS) is 12.3. The highest BCUT2D eigenvalue weighted by atomic mass is 16.6. The highest BCUT2D eigenvalue weighted by Crippen LogP contribution is 2.32. The molecule has 29 heavy (non-hydrogen) atoms. The van der Waals surface area contributed by atoms with Crippen molar-refractivity contribution in [3.63, 3.8) is 0 Å². The number of rotatable bonds is 5. The van der Waals surface area contributed by atoms with Gasteiger partial charge in [0.05, 0.1) is 17.6 Å². The van der Waals surface area contributed by atoms with E-state index >= 15 is 0 Å². The second kappa shape index (κ2) is 8.05. The molecule has 0 fully saturated rings. The quantitative estimate of drug-likeness (QED) is 0.670. The first-order valence-electron chi connectivity index (χ1n) is 9.08. The van der Waals surface area contributed by atoms with Gasteiger partial charge in [-0.05, 0) is 31.2 Å². The Hall–Kier alpha value is -3.81. The fourth-order valence-electron chi connectivity index (χ4n) is 2.97. The van der Waals surface area contributed by atoms with Crippen molar-refractivity contribution in [3.05, 3.63) is 66.0 Å². The Morgan fingerprint density at radius 1 is 1.10 bits per heavy atom. The third-order valence-electron chi connectivity index (χ3n) is 4.39. The van der Waals surface area contributed by atoms with Crippen molar-refractivity contribution in [2.45, 2.75) is 6.92 Å². The third-order valence-corrected chi connectivity index (χ3v) is 4.39. The number of hydrogen-bond donors (Lipinski definition) is 1. The Bertz CT molecular complexity index is 1050. The Balaban J connectivity index is 1.36. The number of hydrogen-bond acceptors (Lipinski definition) is 6. The van der Waals surface area contributed by atoms with Crippen LogP contribution in [0.2, 0.25) is 0 Å². The number of carbonyl (C=O) groups excluding carboxylic acids is 2. The van der Waals surface area contributed by atoms with E-state index in [-0.39, 0.29) is 0 Å². The lowest BCUT2D eigenvalue weighted by molar-refractivity contribution is -0.119. The molecule has 0 aliphatic carbocycles. The van der Waals surface area contributed by atoms with Crippen LogP contribution in [0.3, 0.4) is 0 Å². The van der Waals surface area contributed by atoms with Crippen LogP contribution < -0.4 is 14.8 Å². The number of benzene rings is 2. The molecular weight excluding hydrogens is 374 g/mol. The third kappa shape index (κ3) is 4.06. The molecule has 0 spiro atoms. The van der Waals surface area contributed by atoms with Crippen LogP contribution in [-0.4, -0.2) is 41.5 Å². The molecular formula is C21H19N3O5. The summed E-state index contributed by atoms with van der Waals surface area (Å²) in [5.74, 6) is 0.131. The van der Waals surface area contributed by atoms with E-state index in [2.05, 4.69) is 10.4 Å². The Kier molecular flexibility index (Phi) is 5.15. The lowest BCUT2D eigenvalue weighted by Crippen LogP contribution is -2.21. The summed E-state index contributed by atoms with van der Waals surface area (Å²) in [6.45, 7) is 2.31. The predicted octanol–water partition coefficient (Wildman–Crippen LogP) is 2.75. The average Bonchev–Trinajstić information content (AvgIpc) is 3.14. The number of aromatic nitrogens is 2. The lowest BCUT2D eigenvalue weighted by Gasteiger charge is -2.19. The molecule has 1 amide bonds. The Labute approximate surface area is 167 Å². The molecule has 4 rings (SSSR count). The number of nitrogens with zero attached hydrogens (tertiary/aromatic N) is 2. The number of nitrogens with one attached hydrogen (secondary N) is 1. The molecule has 3 aromatic rings. The van der Waals surface area contributed by atoms with Crippen molar-refractivity contribution in [3.8, 4) is 17.2 Å². The van der Waals surface area contributed by atoms with Gasteiger partial charge in [0.1, 0.15) is 18.8 Å². The maximum Gasteiger partial charge on any atom is 0.342 e. The van der Waals surface area contributed by atoms with E-state index in [0.717, 1.165) is 5.69 Å². The van der Waals surface area contributed by atoms with Crippen LogP contribution in [-0.2, 0) is 9.53 Å². The maximum absolute atomic E-state index is 12.4. The van der Waals surface area contributed by atoms with E-state index in [0.29, 0.717) is 41.7 Å². The van der Waals surface area contributed by atoms with Gasteiger partial charge in [-0.25, -0.2) is 9.48 Å². The monoisotopic (exact) mass is 393 g/mol. The van der Waals surface area contributed by atoms with E-state index in [1.165, 1.54) is 6.20 Å². The number of anilines is 1. The van der Waals surface area contributed by atoms with Crippen molar-refractivity contribution in [1.29, 1.82) is 0 Å². The summed E-state index contributed by atoms with van der Waals surface area (Å²) in [5.41, 5.74) is 2.30. The molecule has 0 bridgehead atoms. The Morgan fingerprint density at radius 2 is 1.86 bits per heavy atom. The highest BCUT2D eigenvalue weighted by molar-refractivity contribution is 5.96. The summed E-state index contributed by atoms with van der Waals surface area (Å²) in [5, 5.41) is 6.90. The van der Waals surface area contributed by atoms with Gasteiger partial charge in [0.2, 0.25) is 0 Å². The topological polar surface area (TPSA) is 91.7 Å². The average molecular weight is 393 g/mol. The molecule has 148 valence electrons. The standard InChI is InChI=1S/C21H19N3O5/c1-14-17(12-22-24(14)16-5-3-2-4-6-16)21(26)29-13-20(25)23-15-7-8-18-19(11-15)28-10-9-27-18/h2-8,11-12H,9-10,13H2,1H3,(H,23,25). The molecule has 0 unspecified atom stereocenters. The molecule has 0 saturated carbocycles. The summed E-state index contributed by atoms with van der Waals surface area (Å²) >= 11 is 0. The van der Waals surface area contributed by atoms with E-state index in [1.807, 2.05) is 30.3 Å². The zero-order valence-corrected chi connectivity index (χ0v) is 15.8. The minimum absolute atomic E-state index is 0.306. The van der Waals surface area contributed by atoms with Gasteiger partial charge in [-0.3, -0.25) is 4.79 Å². The predicted molar refractivity (Wildman–Crippen MR) is 105 cm³/mol. The highest BCUT2D eigenvalue weighted by Gasteiger charge is 2.18. The number of esters is 1. The van der Waals surface area contributed by atoms with Crippen LogP contribution in [0.1, 0.15) is 16.1 Å². The maximum atomic E-state index is 12.4. The second-order valence-electron chi connectivity index (χ2n) is 6.37. The largest absolute Gasteiger partial charge is 0.486 e. The van der Waals surface area contributed by atoms with Gasteiger partial charge in [0, 0.05) is 11.8 Å². The van der Waals surface area contributed by atoms with Crippen molar-refractivity contribution in [2.75, 3.05) is 25.1 Å². The van der Waals surface area contributed by atoms with Crippen molar-refractivity contribution in [2.24, 2.45) is 0 Å². The van der Waals surface area contributed by atoms with E-state index < -0.39 is 18.5 Å². The molecule has 2 aromatic carbocycles. The second-order valence-corrected chi connectivity index (χ2v) is 6.37. The van der Waals surface area contributed by atoms with Gasteiger partial charge in [-0.15, -0.1) is 0 Å². The molecule has 0 atom stereocenters. The van der Waals surface area contributed by atoms with Crippen LogP contribution in [0, 0.1) is 6.92 Å². The zero-order chi connectivity index (χ0) is 20.2. The molecule has 0 saturated heterocycles. The van der Waals surface area contributed by atoms with E-state index in [9.17, 15) is 9.59 Å². The SMILES string of the molecule is Cc1c(C(=O)OCC(=O)Nc2ccc3c(c2)OCCO3)cnn1-c1ccccc1. The molecule has 2 heterocycles. The fourth-order valence-corrected chi connectivity index (χ4v) is 2.97. The first kappa shape index (κ1) is 18.5. The van der Waals surface area contributed by atoms with Crippen LogP contribution in [0.25, 0.3) is 5.69 Å². The summed E-state index contributed by atoms with van der Waals surface area (Å²) < 4.78 is 17.7. The molecule has 0 radical (unpaired) electrons. The molecule has 1 aromatic heterocycles. The van der Waals surface area contributed by atoms with Crippen LogP contribution in [0.4, 0.5) is 5.69 Å². The summed E-state index contributed by atoms with van der Waals surface area (Å²) in [7, 11) is 0. The van der Waals surface area contributed by atoms with Crippen molar-refractivity contribution >= 4 is 17.6 Å². The lowest BCUT2D eigenvalue weighted by atomic mass is 10.2. The van der Waals surface area contributed by atoms with E-state index in [1.54, 1.807) is 29.8 Å². The smallest absolute Gasteiger partial charge is 0.342 e. The summed E-state index contributed by atoms with van der Waals surface area (Å²) in [6, 6.07) is 14.5. The Morgan fingerprint density at radius 3 is 2.66 bits per heavy atom. The van der Waals surface area contributed by atoms with Crippen molar-refractivity contribution in [1.82, 2.24) is 9.78 Å². The molecule has 1 aliphatic heterocycles. The molecule has 8 nitrogen and oxygen atoms in total. The fraction of sp³-hybridized carbons (Fsp3) is 0.190. The minimum atomic E-state index is -0.609. The van der Waals surface area contributed by atoms with Crippen LogP contribution >= 0.6 is 0 Å². The molecule has 1 N–H and O–H groups in total. The molecule has 8 heteroatoms. The van der Waals surface area contributed by atoms with Gasteiger partial charge in [0.15, 0.2) is 18.1 Å². The van der Waals surface area contributed by atoms with Gasteiger partial charge in [-0.1, -0.05) is 18.2 Å². The van der Waals surface area contributed by atoms with Crippen LogP contribution in [0.15, 0.2) is 54.7 Å². The zero-order valence-electron chi connectivity index (χ0n) is 15.8. The minimum Gasteiger partial charge on any atom is -0.486 e. The molecule has 1 aliphatic rings. The van der Waals surface area contributed by atoms with E-state index in [4.69, 9.17) is 14.2 Å². The number of para-hydroxylation sites is 1. The van der Waals surface area contributed by atoms with Gasteiger partial charge in [-0.2, -0.15) is 5.10 Å². The van der Waals surface area contributed by atoms with Gasteiger partial charge < -0.3 is 19.5 Å². The van der Waals surface area contributed by atoms with Gasteiger partial charge >= 0.3 is 5.97 Å². The summed E-state index contributed by atoms with van der Waals surface area (Å²) in [6.07, 6.45) is 1.43. The van der Waals surface area contributed by atoms with Crippen molar-refractivity contribution < 1.29 is 23.8 Å². The van der Waals surface area contributed by atoms with Gasteiger partial charge in [0.25, 0.3) is 5.91 Å². The first-order valence-corrected chi connectivity index (χ1v) is 9.08. The number of ether oxygens (including phenoxy) is 3. The first-order chi connectivity index (χ1) is 14.1.